The molecule has 10 nitrogen and oxygen atoms in total. The molecule has 0 bridgehead atoms. The van der Waals surface area contributed by atoms with E-state index in [1.165, 1.54) is 11.6 Å². The van der Waals surface area contributed by atoms with Crippen molar-refractivity contribution < 1.29 is 22.7 Å². The number of esters is 1. The molecule has 1 aliphatic heterocycles. The number of hydrogen-bond donors (Lipinski definition) is 1. The quantitative estimate of drug-likeness (QED) is 0.493. The van der Waals surface area contributed by atoms with Gasteiger partial charge in [-0.15, -0.1) is 0 Å². The number of carbonyl (C=O) groups excluding carboxylic acids is 1. The third kappa shape index (κ3) is 4.71. The Bertz CT molecular complexity index is 1150. The lowest BCUT2D eigenvalue weighted by Gasteiger charge is -2.28. The van der Waals surface area contributed by atoms with Crippen molar-refractivity contribution in [3.63, 3.8) is 0 Å². The molecule has 0 atom stereocenters. The van der Waals surface area contributed by atoms with Crippen LogP contribution in [-0.4, -0.2) is 63.6 Å². The summed E-state index contributed by atoms with van der Waals surface area (Å²) < 4.78 is 44.9. The predicted molar refractivity (Wildman–Crippen MR) is 111 cm³/mol. The minimum absolute atomic E-state index is 0.153. The third-order valence-corrected chi connectivity index (χ3v) is 5.07. The molecule has 0 saturated carbocycles. The molecule has 2 aromatic rings. The van der Waals surface area contributed by atoms with Gasteiger partial charge in [0.05, 0.1) is 6.54 Å². The van der Waals surface area contributed by atoms with Gasteiger partial charge in [0.1, 0.15) is 6.61 Å². The Morgan fingerprint density at radius 3 is 2.44 bits per heavy atom. The van der Waals surface area contributed by atoms with Crippen molar-refractivity contribution >= 4 is 23.1 Å². The lowest BCUT2D eigenvalue weighted by molar-refractivity contribution is -0.199. The Morgan fingerprint density at radius 1 is 1.19 bits per heavy atom. The molecule has 1 saturated heterocycles. The van der Waals surface area contributed by atoms with Gasteiger partial charge in [-0.1, -0.05) is 11.6 Å². The molecule has 3 rings (SSSR count). The van der Waals surface area contributed by atoms with Crippen molar-refractivity contribution in [3.05, 3.63) is 32.5 Å². The van der Waals surface area contributed by atoms with Gasteiger partial charge in [-0.05, 0) is 13.8 Å². The normalized spacial score (nSPS) is 14.6. The van der Waals surface area contributed by atoms with Gasteiger partial charge in [-0.3, -0.25) is 13.9 Å². The summed E-state index contributed by atoms with van der Waals surface area (Å²) in [5.74, 6) is -1.84. The molecule has 0 radical (unpaired) electrons. The maximum absolute atomic E-state index is 13.2. The van der Waals surface area contributed by atoms with E-state index in [1.807, 2.05) is 24.8 Å². The number of rotatable bonds is 6. The molecule has 3 heterocycles. The predicted octanol–water partition coefficient (Wildman–Crippen LogP) is 0.378. The Balaban J connectivity index is 2.08. The van der Waals surface area contributed by atoms with Crippen molar-refractivity contribution in [2.24, 2.45) is 7.05 Å². The number of hydrogen-bond acceptors (Lipinski definition) is 7. The highest BCUT2D eigenvalue weighted by Crippen LogP contribution is 2.21. The SMILES string of the molecule is CC(C)=CCn1c(N2CCNCC2)nc2c1c(=O)n(CCOC(=O)C(F)(F)F)c(=O)n2C. The summed E-state index contributed by atoms with van der Waals surface area (Å²) in [6.07, 6.45) is -3.24. The number of fused-ring (bicyclic) bond motifs is 1. The van der Waals surface area contributed by atoms with Crippen LogP contribution in [0.25, 0.3) is 11.2 Å². The van der Waals surface area contributed by atoms with E-state index in [0.29, 0.717) is 25.6 Å². The minimum Gasteiger partial charge on any atom is -0.457 e. The van der Waals surface area contributed by atoms with E-state index in [4.69, 9.17) is 0 Å². The van der Waals surface area contributed by atoms with Crippen LogP contribution in [0.2, 0.25) is 0 Å². The third-order valence-electron chi connectivity index (χ3n) is 5.07. The van der Waals surface area contributed by atoms with E-state index in [1.54, 1.807) is 4.57 Å². The van der Waals surface area contributed by atoms with Gasteiger partial charge < -0.3 is 19.5 Å². The Morgan fingerprint density at radius 2 is 1.84 bits per heavy atom. The van der Waals surface area contributed by atoms with Crippen LogP contribution in [-0.2, 0) is 29.7 Å². The molecule has 13 heteroatoms. The van der Waals surface area contributed by atoms with Crippen LogP contribution in [0.3, 0.4) is 0 Å². The lowest BCUT2D eigenvalue weighted by Crippen LogP contribution is -2.44. The van der Waals surface area contributed by atoms with Gasteiger partial charge in [0.15, 0.2) is 11.2 Å². The minimum atomic E-state index is -5.15. The van der Waals surface area contributed by atoms with Crippen LogP contribution in [0.5, 0.6) is 0 Å². The molecule has 0 unspecified atom stereocenters. The van der Waals surface area contributed by atoms with E-state index >= 15 is 0 Å². The van der Waals surface area contributed by atoms with Crippen molar-refractivity contribution in [2.45, 2.75) is 33.1 Å². The molecule has 1 aliphatic rings. The van der Waals surface area contributed by atoms with Gasteiger partial charge >= 0.3 is 17.8 Å². The Hall–Kier alpha value is -3.09. The summed E-state index contributed by atoms with van der Waals surface area (Å²) in [5.41, 5.74) is -0.117. The first-order valence-corrected chi connectivity index (χ1v) is 10.1. The highest BCUT2D eigenvalue weighted by molar-refractivity contribution is 5.76. The number of aryl methyl sites for hydroxylation is 1. The molecule has 0 aromatic carbocycles. The standard InChI is InChI=1S/C19H25F3N6O4/c1-12(2)4-7-27-13-14(24-17(27)26-8-5-23-6-9-26)25(3)18(31)28(15(13)29)10-11-32-16(30)19(20,21)22/h4,23H,5-11H2,1-3H3. The second-order valence-corrected chi connectivity index (χ2v) is 7.65. The number of imidazole rings is 1. The zero-order valence-corrected chi connectivity index (χ0v) is 18.0. The highest BCUT2D eigenvalue weighted by Gasteiger charge is 2.40. The number of nitrogens with zero attached hydrogens (tertiary/aromatic N) is 5. The van der Waals surface area contributed by atoms with Crippen LogP contribution in [0, 0.1) is 0 Å². The molecule has 1 fully saturated rings. The smallest absolute Gasteiger partial charge is 0.457 e. The maximum Gasteiger partial charge on any atom is 0.490 e. The van der Waals surface area contributed by atoms with Crippen molar-refractivity contribution in [3.8, 4) is 0 Å². The molecule has 0 spiro atoms. The van der Waals surface area contributed by atoms with E-state index in [9.17, 15) is 27.6 Å². The number of nitrogens with one attached hydrogen (secondary N) is 1. The summed E-state index contributed by atoms with van der Waals surface area (Å²) in [6, 6.07) is 0. The number of halogens is 3. The zero-order valence-electron chi connectivity index (χ0n) is 18.0. The molecule has 0 amide bonds. The molecule has 32 heavy (non-hydrogen) atoms. The fourth-order valence-electron chi connectivity index (χ4n) is 3.42. The van der Waals surface area contributed by atoms with E-state index in [2.05, 4.69) is 15.0 Å². The Kier molecular flexibility index (Phi) is 6.77. The topological polar surface area (TPSA) is 103 Å². The summed E-state index contributed by atoms with van der Waals surface area (Å²) >= 11 is 0. The van der Waals surface area contributed by atoms with E-state index in [-0.39, 0.29) is 11.2 Å². The zero-order chi connectivity index (χ0) is 23.6. The number of alkyl halides is 3. The number of aromatic nitrogens is 4. The van der Waals surface area contributed by atoms with Gasteiger partial charge in [-0.25, -0.2) is 9.59 Å². The maximum atomic E-state index is 13.2. The van der Waals surface area contributed by atoms with Crippen LogP contribution >= 0.6 is 0 Å². The van der Waals surface area contributed by atoms with Gasteiger partial charge in [0.2, 0.25) is 5.95 Å². The first-order valence-electron chi connectivity index (χ1n) is 10.1. The van der Waals surface area contributed by atoms with E-state index < -0.39 is 36.5 Å². The van der Waals surface area contributed by atoms with Crippen LogP contribution < -0.4 is 21.5 Å². The second kappa shape index (κ2) is 9.18. The van der Waals surface area contributed by atoms with E-state index in [0.717, 1.165) is 23.2 Å². The number of piperazine rings is 1. The molecule has 1 N–H and O–H groups in total. The molecule has 2 aromatic heterocycles. The van der Waals surface area contributed by atoms with Gasteiger partial charge in [-0.2, -0.15) is 18.2 Å². The summed E-state index contributed by atoms with van der Waals surface area (Å²) in [6.45, 7) is 5.65. The average Bonchev–Trinajstić information content (AvgIpc) is 3.12. The number of allylic oxidation sites excluding steroid dienone is 2. The van der Waals surface area contributed by atoms with Crippen molar-refractivity contribution in [1.82, 2.24) is 24.0 Å². The summed E-state index contributed by atoms with van der Waals surface area (Å²) in [4.78, 5) is 43.4. The summed E-state index contributed by atoms with van der Waals surface area (Å²) in [5, 5.41) is 3.24. The van der Waals surface area contributed by atoms with Crippen molar-refractivity contribution in [2.75, 3.05) is 37.7 Å². The molecular weight excluding hydrogens is 433 g/mol. The number of ether oxygens (including phenoxy) is 1. The number of carbonyl (C=O) groups is 1. The van der Waals surface area contributed by atoms with Crippen molar-refractivity contribution in [1.29, 1.82) is 0 Å². The molecule has 0 aliphatic carbocycles. The van der Waals surface area contributed by atoms with Crippen LogP contribution in [0.4, 0.5) is 19.1 Å². The second-order valence-electron chi connectivity index (χ2n) is 7.65. The molecular formula is C19H25F3N6O4. The van der Waals surface area contributed by atoms with Crippen LogP contribution in [0.15, 0.2) is 21.2 Å². The number of anilines is 1. The largest absolute Gasteiger partial charge is 0.490 e. The lowest BCUT2D eigenvalue weighted by atomic mass is 10.3. The highest BCUT2D eigenvalue weighted by atomic mass is 19.4. The summed E-state index contributed by atoms with van der Waals surface area (Å²) in [7, 11) is 1.43. The van der Waals surface area contributed by atoms with Gasteiger partial charge in [0, 0.05) is 39.8 Å². The first-order chi connectivity index (χ1) is 15.0. The monoisotopic (exact) mass is 458 g/mol. The Labute approximate surface area is 180 Å². The average molecular weight is 458 g/mol. The fraction of sp³-hybridized carbons (Fsp3) is 0.579. The molecule has 176 valence electrons. The fourth-order valence-corrected chi connectivity index (χ4v) is 3.42. The van der Waals surface area contributed by atoms with Crippen LogP contribution in [0.1, 0.15) is 13.8 Å². The van der Waals surface area contributed by atoms with Gasteiger partial charge in [0.25, 0.3) is 5.56 Å². The first kappa shape index (κ1) is 23.6.